The van der Waals surface area contributed by atoms with Crippen LogP contribution in [-0.2, 0) is 6.54 Å². The molecule has 2 heterocycles. The van der Waals surface area contributed by atoms with E-state index in [2.05, 4.69) is 15.1 Å². The molecule has 2 aromatic carbocycles. The van der Waals surface area contributed by atoms with Gasteiger partial charge in [0.2, 0.25) is 0 Å². The second kappa shape index (κ2) is 8.57. The number of aryl methyl sites for hydroxylation is 1. The normalized spacial score (nSPS) is 15.3. The van der Waals surface area contributed by atoms with Crippen LogP contribution in [-0.4, -0.2) is 52.1 Å². The first-order valence-corrected chi connectivity index (χ1v) is 9.99. The summed E-state index contributed by atoms with van der Waals surface area (Å²) >= 11 is 0. The van der Waals surface area contributed by atoms with E-state index in [9.17, 15) is 9.18 Å². The molecule has 0 atom stereocenters. The van der Waals surface area contributed by atoms with E-state index in [1.165, 1.54) is 6.07 Å². The van der Waals surface area contributed by atoms with Gasteiger partial charge in [0, 0.05) is 49.5 Å². The van der Waals surface area contributed by atoms with Gasteiger partial charge in [-0.3, -0.25) is 14.8 Å². The van der Waals surface area contributed by atoms with Gasteiger partial charge < -0.3 is 4.90 Å². The average Bonchev–Trinajstić information content (AvgIpc) is 2.97. The Morgan fingerprint density at radius 2 is 1.79 bits per heavy atom. The van der Waals surface area contributed by atoms with Crippen molar-refractivity contribution in [1.82, 2.24) is 20.0 Å². The predicted octanol–water partition coefficient (Wildman–Crippen LogP) is 3.87. The van der Waals surface area contributed by atoms with E-state index in [1.54, 1.807) is 6.07 Å². The lowest BCUT2D eigenvalue weighted by Crippen LogP contribution is -2.35. The van der Waals surface area contributed by atoms with Crippen LogP contribution in [0.1, 0.15) is 28.0 Å². The molecule has 1 aliphatic rings. The Morgan fingerprint density at radius 1 is 1.03 bits per heavy atom. The lowest BCUT2D eigenvalue weighted by Gasteiger charge is -2.22. The fourth-order valence-electron chi connectivity index (χ4n) is 3.85. The van der Waals surface area contributed by atoms with E-state index in [-0.39, 0.29) is 11.7 Å². The minimum Gasteiger partial charge on any atom is -0.337 e. The minimum absolute atomic E-state index is 0.00263. The van der Waals surface area contributed by atoms with Crippen molar-refractivity contribution >= 4 is 5.91 Å². The average molecular weight is 392 g/mol. The second-order valence-electron chi connectivity index (χ2n) is 7.45. The molecule has 6 heteroatoms. The Hall–Kier alpha value is -2.99. The van der Waals surface area contributed by atoms with Crippen LogP contribution in [0, 0.1) is 12.7 Å². The van der Waals surface area contributed by atoms with Crippen molar-refractivity contribution in [2.75, 3.05) is 26.2 Å². The highest BCUT2D eigenvalue weighted by Gasteiger charge is 2.26. The summed E-state index contributed by atoms with van der Waals surface area (Å²) in [5.41, 5.74) is 3.74. The third kappa shape index (κ3) is 4.22. The molecule has 0 unspecified atom stereocenters. The summed E-state index contributed by atoms with van der Waals surface area (Å²) in [4.78, 5) is 17.4. The third-order valence-electron chi connectivity index (χ3n) is 5.44. The van der Waals surface area contributed by atoms with Gasteiger partial charge in [-0.1, -0.05) is 48.5 Å². The van der Waals surface area contributed by atoms with Gasteiger partial charge in [0.25, 0.3) is 5.91 Å². The number of hydrogen-bond donors (Lipinski definition) is 1. The molecule has 0 bridgehead atoms. The fraction of sp³-hybridized carbons (Fsp3) is 0.304. The first-order chi connectivity index (χ1) is 14.1. The zero-order chi connectivity index (χ0) is 20.2. The van der Waals surface area contributed by atoms with Crippen molar-refractivity contribution in [2.24, 2.45) is 0 Å². The molecular formula is C23H25FN4O. The van der Waals surface area contributed by atoms with Crippen LogP contribution in [0.5, 0.6) is 0 Å². The predicted molar refractivity (Wildman–Crippen MR) is 111 cm³/mol. The van der Waals surface area contributed by atoms with Gasteiger partial charge in [-0.2, -0.15) is 5.10 Å². The Kier molecular flexibility index (Phi) is 5.71. The van der Waals surface area contributed by atoms with Gasteiger partial charge in [0.15, 0.2) is 0 Å². The second-order valence-corrected chi connectivity index (χ2v) is 7.45. The molecule has 3 aromatic rings. The molecule has 5 nitrogen and oxygen atoms in total. The maximum Gasteiger partial charge on any atom is 0.258 e. The van der Waals surface area contributed by atoms with Crippen LogP contribution in [0.4, 0.5) is 4.39 Å². The van der Waals surface area contributed by atoms with Crippen LogP contribution in [0.25, 0.3) is 11.3 Å². The van der Waals surface area contributed by atoms with E-state index in [0.717, 1.165) is 30.8 Å². The molecule has 0 spiro atoms. The highest BCUT2D eigenvalue weighted by molar-refractivity contribution is 6.01. The number of amides is 1. The molecule has 1 amide bonds. The smallest absolute Gasteiger partial charge is 0.258 e. The summed E-state index contributed by atoms with van der Waals surface area (Å²) < 4.78 is 14.0. The molecule has 0 aliphatic carbocycles. The molecule has 0 radical (unpaired) electrons. The molecule has 1 aromatic heterocycles. The van der Waals surface area contributed by atoms with Crippen molar-refractivity contribution in [3.05, 3.63) is 77.2 Å². The number of halogens is 1. The lowest BCUT2D eigenvalue weighted by molar-refractivity contribution is 0.0761. The third-order valence-corrected chi connectivity index (χ3v) is 5.44. The van der Waals surface area contributed by atoms with Crippen molar-refractivity contribution in [3.8, 4) is 11.3 Å². The summed E-state index contributed by atoms with van der Waals surface area (Å²) in [6.45, 7) is 5.31. The maximum atomic E-state index is 14.0. The number of aromatic amines is 1. The number of nitrogens with one attached hydrogen (secondary N) is 1. The molecule has 1 N–H and O–H groups in total. The van der Waals surface area contributed by atoms with Crippen LogP contribution >= 0.6 is 0 Å². The van der Waals surface area contributed by atoms with Gasteiger partial charge in [0.1, 0.15) is 11.5 Å². The summed E-state index contributed by atoms with van der Waals surface area (Å²) in [5, 5.41) is 7.35. The Labute approximate surface area is 170 Å². The topological polar surface area (TPSA) is 52.2 Å². The quantitative estimate of drug-likeness (QED) is 0.733. The summed E-state index contributed by atoms with van der Waals surface area (Å²) in [7, 11) is 0. The molecule has 150 valence electrons. The molecule has 1 fully saturated rings. The summed E-state index contributed by atoms with van der Waals surface area (Å²) in [6.07, 6.45) is 0.859. The molecule has 1 saturated heterocycles. The van der Waals surface area contributed by atoms with E-state index in [4.69, 9.17) is 0 Å². The Bertz CT molecular complexity index is 986. The number of rotatable bonds is 4. The number of benzene rings is 2. The number of H-pyrrole nitrogens is 1. The zero-order valence-corrected chi connectivity index (χ0v) is 16.6. The molecule has 1 aliphatic heterocycles. The Morgan fingerprint density at radius 3 is 2.59 bits per heavy atom. The summed E-state index contributed by atoms with van der Waals surface area (Å²) in [5.74, 6) is -0.172. The van der Waals surface area contributed by atoms with Crippen LogP contribution < -0.4 is 0 Å². The Balaban J connectivity index is 1.48. The first-order valence-electron chi connectivity index (χ1n) is 9.99. The number of aromatic nitrogens is 2. The number of carbonyl (C=O) groups excluding carboxylic acids is 1. The van der Waals surface area contributed by atoms with Crippen LogP contribution in [0.3, 0.4) is 0 Å². The van der Waals surface area contributed by atoms with Gasteiger partial charge in [-0.25, -0.2) is 4.39 Å². The zero-order valence-electron chi connectivity index (χ0n) is 16.6. The molecule has 0 saturated carbocycles. The van der Waals surface area contributed by atoms with Crippen LogP contribution in [0.15, 0.2) is 54.6 Å². The molecule has 4 rings (SSSR count). The monoisotopic (exact) mass is 392 g/mol. The van der Waals surface area contributed by atoms with Crippen molar-refractivity contribution < 1.29 is 9.18 Å². The van der Waals surface area contributed by atoms with E-state index in [0.29, 0.717) is 36.5 Å². The number of carbonyl (C=O) groups is 1. The van der Waals surface area contributed by atoms with E-state index >= 15 is 0 Å². The van der Waals surface area contributed by atoms with Crippen LogP contribution in [0.2, 0.25) is 0 Å². The van der Waals surface area contributed by atoms with Gasteiger partial charge in [-0.05, 0) is 19.4 Å². The first kappa shape index (κ1) is 19.3. The number of hydrogen-bond acceptors (Lipinski definition) is 3. The minimum atomic E-state index is -0.175. The highest BCUT2D eigenvalue weighted by atomic mass is 19.1. The van der Waals surface area contributed by atoms with Crippen molar-refractivity contribution in [1.29, 1.82) is 0 Å². The van der Waals surface area contributed by atoms with Gasteiger partial charge in [0.05, 0.1) is 5.56 Å². The van der Waals surface area contributed by atoms with Gasteiger partial charge in [-0.15, -0.1) is 0 Å². The highest BCUT2D eigenvalue weighted by Crippen LogP contribution is 2.25. The van der Waals surface area contributed by atoms with Gasteiger partial charge >= 0.3 is 0 Å². The molecule has 29 heavy (non-hydrogen) atoms. The molecular weight excluding hydrogens is 367 g/mol. The van der Waals surface area contributed by atoms with Crippen molar-refractivity contribution in [3.63, 3.8) is 0 Å². The van der Waals surface area contributed by atoms with Crippen molar-refractivity contribution in [2.45, 2.75) is 19.9 Å². The standard InChI is InChI=1S/C23H25FN4O/c1-17-21(22(26-25-17)18-8-3-2-4-9-18)23(29)28-13-7-12-27(14-15-28)16-19-10-5-6-11-20(19)24/h2-6,8-11H,7,12-16H2,1H3,(H,25,26). The fourth-order valence-corrected chi connectivity index (χ4v) is 3.85. The number of nitrogens with zero attached hydrogens (tertiary/aromatic N) is 3. The largest absolute Gasteiger partial charge is 0.337 e. The maximum absolute atomic E-state index is 14.0. The van der Waals surface area contributed by atoms with E-state index in [1.807, 2.05) is 54.3 Å². The SMILES string of the molecule is Cc1[nH]nc(-c2ccccc2)c1C(=O)N1CCCN(Cc2ccccc2F)CC1. The summed E-state index contributed by atoms with van der Waals surface area (Å²) in [6, 6.07) is 16.7. The lowest BCUT2D eigenvalue weighted by atomic mass is 10.0. The van der Waals surface area contributed by atoms with E-state index < -0.39 is 0 Å².